The normalized spacial score (nSPS) is 23.9. The minimum absolute atomic E-state index is 0.478. The van der Waals surface area contributed by atoms with Crippen molar-refractivity contribution in [3.8, 4) is 0 Å². The van der Waals surface area contributed by atoms with Gasteiger partial charge in [0.1, 0.15) is 5.82 Å². The second kappa shape index (κ2) is 5.65. The molecule has 1 aliphatic rings. The maximum absolute atomic E-state index is 4.55. The van der Waals surface area contributed by atoms with Crippen molar-refractivity contribution in [2.75, 3.05) is 11.4 Å². The van der Waals surface area contributed by atoms with E-state index in [2.05, 4.69) is 47.9 Å². The number of anilines is 1. The molecule has 1 aromatic rings. The summed E-state index contributed by atoms with van der Waals surface area (Å²) in [5.74, 6) is 1.77. The summed E-state index contributed by atoms with van der Waals surface area (Å²) < 4.78 is 0. The van der Waals surface area contributed by atoms with Crippen LogP contribution in [0, 0.1) is 5.92 Å². The van der Waals surface area contributed by atoms with E-state index >= 15 is 0 Å². The minimum atomic E-state index is 0.478. The molecule has 0 amide bonds. The molecule has 2 unspecified atom stereocenters. The molecule has 1 N–H and O–H groups in total. The first kappa shape index (κ1) is 13.3. The molecular weight excluding hydrogens is 224 g/mol. The number of rotatable bonds is 4. The summed E-state index contributed by atoms with van der Waals surface area (Å²) >= 11 is 0. The largest absolute Gasteiger partial charge is 0.352 e. The summed E-state index contributed by atoms with van der Waals surface area (Å²) in [5.41, 5.74) is 1.01. The smallest absolute Gasteiger partial charge is 0.147 e. The quantitative estimate of drug-likeness (QED) is 0.887. The van der Waals surface area contributed by atoms with E-state index in [-0.39, 0.29) is 0 Å². The van der Waals surface area contributed by atoms with Gasteiger partial charge in [-0.1, -0.05) is 20.8 Å². The van der Waals surface area contributed by atoms with Crippen molar-refractivity contribution in [3.05, 3.63) is 18.1 Å². The van der Waals surface area contributed by atoms with Crippen LogP contribution in [0.2, 0.25) is 0 Å². The Morgan fingerprint density at radius 3 is 2.61 bits per heavy atom. The van der Waals surface area contributed by atoms with Gasteiger partial charge in [0.05, 0.1) is 18.1 Å². The van der Waals surface area contributed by atoms with E-state index in [0.29, 0.717) is 12.1 Å². The topological polar surface area (TPSA) is 41.1 Å². The molecule has 4 heteroatoms. The molecule has 2 atom stereocenters. The first-order valence-electron chi connectivity index (χ1n) is 6.87. The van der Waals surface area contributed by atoms with Crippen molar-refractivity contribution in [1.82, 2.24) is 15.3 Å². The zero-order valence-electron chi connectivity index (χ0n) is 11.8. The molecule has 2 heterocycles. The molecule has 0 radical (unpaired) electrons. The van der Waals surface area contributed by atoms with E-state index in [4.69, 9.17) is 0 Å². The molecular formula is C14H24N4. The number of aromatic nitrogens is 2. The van der Waals surface area contributed by atoms with E-state index in [0.717, 1.165) is 30.5 Å². The fraction of sp³-hybridized carbons (Fsp3) is 0.714. The van der Waals surface area contributed by atoms with E-state index in [1.807, 2.05) is 12.4 Å². The van der Waals surface area contributed by atoms with Crippen LogP contribution >= 0.6 is 0 Å². The van der Waals surface area contributed by atoms with Gasteiger partial charge in [0.2, 0.25) is 0 Å². The van der Waals surface area contributed by atoms with Gasteiger partial charge >= 0.3 is 0 Å². The summed E-state index contributed by atoms with van der Waals surface area (Å²) in [6, 6.07) is 1.06. The zero-order chi connectivity index (χ0) is 13.1. The van der Waals surface area contributed by atoms with E-state index in [1.54, 1.807) is 0 Å². The summed E-state index contributed by atoms with van der Waals surface area (Å²) in [7, 11) is 0. The van der Waals surface area contributed by atoms with Gasteiger partial charge in [-0.05, 0) is 19.3 Å². The monoisotopic (exact) mass is 248 g/mol. The fourth-order valence-electron chi connectivity index (χ4n) is 2.52. The second-order valence-electron chi connectivity index (χ2n) is 5.74. The lowest BCUT2D eigenvalue weighted by Crippen LogP contribution is -2.28. The molecule has 18 heavy (non-hydrogen) atoms. The Morgan fingerprint density at radius 1 is 1.33 bits per heavy atom. The average Bonchev–Trinajstić information content (AvgIpc) is 2.66. The van der Waals surface area contributed by atoms with Crippen molar-refractivity contribution in [2.24, 2.45) is 5.92 Å². The standard InChI is InChI=1S/C14H24N4/c1-10(2)15-6-13-7-17-14(8-16-13)18-9-11(3)5-12(18)4/h7-8,10-12,15H,5-6,9H2,1-4H3. The van der Waals surface area contributed by atoms with E-state index in [1.165, 1.54) is 6.42 Å². The van der Waals surface area contributed by atoms with Gasteiger partial charge in [-0.2, -0.15) is 0 Å². The van der Waals surface area contributed by atoms with Crippen molar-refractivity contribution < 1.29 is 0 Å². The highest BCUT2D eigenvalue weighted by Gasteiger charge is 2.27. The van der Waals surface area contributed by atoms with Crippen LogP contribution in [-0.2, 0) is 6.54 Å². The van der Waals surface area contributed by atoms with Gasteiger partial charge in [-0.25, -0.2) is 4.98 Å². The van der Waals surface area contributed by atoms with Gasteiger partial charge in [-0.15, -0.1) is 0 Å². The molecule has 0 bridgehead atoms. The van der Waals surface area contributed by atoms with Crippen LogP contribution in [0.5, 0.6) is 0 Å². The third kappa shape index (κ3) is 3.19. The average molecular weight is 248 g/mol. The first-order chi connectivity index (χ1) is 8.56. The molecule has 1 saturated heterocycles. The molecule has 0 spiro atoms. The number of hydrogen-bond acceptors (Lipinski definition) is 4. The van der Waals surface area contributed by atoms with Crippen LogP contribution in [-0.4, -0.2) is 28.6 Å². The van der Waals surface area contributed by atoms with Crippen LogP contribution in [0.4, 0.5) is 5.82 Å². The van der Waals surface area contributed by atoms with Gasteiger partial charge < -0.3 is 10.2 Å². The Hall–Kier alpha value is -1.16. The molecule has 0 saturated carbocycles. The zero-order valence-corrected chi connectivity index (χ0v) is 11.8. The predicted molar refractivity (Wildman–Crippen MR) is 74.6 cm³/mol. The number of hydrogen-bond donors (Lipinski definition) is 1. The SMILES string of the molecule is CC1CC(C)N(c2cnc(CNC(C)C)cn2)C1. The van der Waals surface area contributed by atoms with E-state index < -0.39 is 0 Å². The molecule has 1 aliphatic heterocycles. The highest BCUT2D eigenvalue weighted by molar-refractivity contribution is 5.38. The molecule has 0 aromatic carbocycles. The van der Waals surface area contributed by atoms with Gasteiger partial charge in [0, 0.05) is 25.2 Å². The third-order valence-corrected chi connectivity index (χ3v) is 3.46. The second-order valence-corrected chi connectivity index (χ2v) is 5.74. The Kier molecular flexibility index (Phi) is 4.17. The minimum Gasteiger partial charge on any atom is -0.352 e. The number of nitrogens with one attached hydrogen (secondary N) is 1. The Morgan fingerprint density at radius 2 is 2.11 bits per heavy atom. The lowest BCUT2D eigenvalue weighted by molar-refractivity contribution is 0.580. The number of nitrogens with zero attached hydrogens (tertiary/aromatic N) is 3. The predicted octanol–water partition coefficient (Wildman–Crippen LogP) is 2.21. The van der Waals surface area contributed by atoms with Crippen molar-refractivity contribution in [1.29, 1.82) is 0 Å². The summed E-state index contributed by atoms with van der Waals surface area (Å²) in [6.07, 6.45) is 5.05. The summed E-state index contributed by atoms with van der Waals surface area (Å²) in [6.45, 7) is 10.7. The van der Waals surface area contributed by atoms with Crippen LogP contribution in [0.25, 0.3) is 0 Å². The maximum Gasteiger partial charge on any atom is 0.147 e. The Bertz CT molecular complexity index is 374. The molecule has 1 aromatic heterocycles. The van der Waals surface area contributed by atoms with Crippen LogP contribution < -0.4 is 10.2 Å². The Labute approximate surface area is 110 Å². The van der Waals surface area contributed by atoms with Crippen molar-refractivity contribution in [2.45, 2.75) is 52.7 Å². The van der Waals surface area contributed by atoms with Crippen molar-refractivity contribution >= 4 is 5.82 Å². The lowest BCUT2D eigenvalue weighted by Gasteiger charge is -2.22. The van der Waals surface area contributed by atoms with Gasteiger partial charge in [0.25, 0.3) is 0 Å². The van der Waals surface area contributed by atoms with Crippen LogP contribution in [0.15, 0.2) is 12.4 Å². The third-order valence-electron chi connectivity index (χ3n) is 3.46. The molecule has 1 fully saturated rings. The molecule has 0 aliphatic carbocycles. The maximum atomic E-state index is 4.55. The molecule has 2 rings (SSSR count). The summed E-state index contributed by atoms with van der Waals surface area (Å²) in [4.78, 5) is 11.4. The molecule has 4 nitrogen and oxygen atoms in total. The summed E-state index contributed by atoms with van der Waals surface area (Å²) in [5, 5.41) is 3.35. The highest BCUT2D eigenvalue weighted by Crippen LogP contribution is 2.26. The first-order valence-corrected chi connectivity index (χ1v) is 6.87. The van der Waals surface area contributed by atoms with E-state index in [9.17, 15) is 0 Å². The van der Waals surface area contributed by atoms with Crippen LogP contribution in [0.1, 0.15) is 39.8 Å². The van der Waals surface area contributed by atoms with Crippen LogP contribution in [0.3, 0.4) is 0 Å². The highest BCUT2D eigenvalue weighted by atomic mass is 15.2. The van der Waals surface area contributed by atoms with Gasteiger partial charge in [0.15, 0.2) is 0 Å². The lowest BCUT2D eigenvalue weighted by atomic mass is 10.1. The van der Waals surface area contributed by atoms with Gasteiger partial charge in [-0.3, -0.25) is 4.98 Å². The Balaban J connectivity index is 1.99. The molecule has 100 valence electrons. The van der Waals surface area contributed by atoms with Crippen molar-refractivity contribution in [3.63, 3.8) is 0 Å². The fourth-order valence-corrected chi connectivity index (χ4v) is 2.52.